The fraction of sp³-hybridized carbons (Fsp3) is 0.182. The third-order valence-electron chi connectivity index (χ3n) is 4.49. The summed E-state index contributed by atoms with van der Waals surface area (Å²) in [5.74, 6) is 0.796. The molecule has 0 aliphatic carbocycles. The van der Waals surface area contributed by atoms with Gasteiger partial charge >= 0.3 is 6.03 Å². The Kier molecular flexibility index (Phi) is 6.14. The number of carbonyl (C=O) groups is 1. The minimum Gasteiger partial charge on any atom is -0.489 e. The van der Waals surface area contributed by atoms with Crippen molar-refractivity contribution >= 4 is 17.4 Å². The number of rotatable bonds is 7. The van der Waals surface area contributed by atoms with Gasteiger partial charge in [-0.25, -0.2) is 4.79 Å². The molecule has 152 valence electrons. The summed E-state index contributed by atoms with van der Waals surface area (Å²) >= 11 is 0. The molecule has 1 aliphatic heterocycles. The average molecular weight is 403 g/mol. The predicted octanol–water partition coefficient (Wildman–Crippen LogP) is 3.49. The third kappa shape index (κ3) is 5.11. The number of aromatic nitrogens is 2. The van der Waals surface area contributed by atoms with Crippen LogP contribution in [0.15, 0.2) is 78.2 Å². The van der Waals surface area contributed by atoms with Crippen molar-refractivity contribution in [1.82, 2.24) is 15.5 Å². The van der Waals surface area contributed by atoms with E-state index in [9.17, 15) is 4.79 Å². The summed E-state index contributed by atoms with van der Waals surface area (Å²) in [6, 6.07) is 19.3. The van der Waals surface area contributed by atoms with Crippen LogP contribution < -0.4 is 15.4 Å². The number of nitrogens with one attached hydrogen (secondary N) is 2. The van der Waals surface area contributed by atoms with E-state index in [2.05, 4.69) is 26.0 Å². The van der Waals surface area contributed by atoms with E-state index in [0.717, 1.165) is 22.6 Å². The molecule has 2 heterocycles. The highest BCUT2D eigenvalue weighted by molar-refractivity contribution is 5.94. The summed E-state index contributed by atoms with van der Waals surface area (Å²) in [5, 5.41) is 16.9. The maximum atomic E-state index is 11.9. The molecular weight excluding hydrogens is 382 g/mol. The van der Waals surface area contributed by atoms with Crippen molar-refractivity contribution in [3.63, 3.8) is 0 Å². The van der Waals surface area contributed by atoms with Crippen LogP contribution in [0.4, 0.5) is 10.5 Å². The lowest BCUT2D eigenvalue weighted by molar-refractivity contribution is 0.0472. The standard InChI is InChI=1S/C22H21N5O3/c28-22(26-17-10-11-24-25-14-17)23-13-18-12-19(30-27-18)15-29-21-9-5-4-8-20(21)16-6-2-1-3-7-16/h1-11,14,19H,12-13,15H2,(H2,23,24,26,28). The molecule has 3 aromatic rings. The number of para-hydroxylation sites is 1. The van der Waals surface area contributed by atoms with Gasteiger partial charge in [-0.05, 0) is 17.7 Å². The van der Waals surface area contributed by atoms with Gasteiger partial charge in [0.1, 0.15) is 12.4 Å². The first-order valence-electron chi connectivity index (χ1n) is 9.58. The van der Waals surface area contributed by atoms with Crippen LogP contribution in [0.5, 0.6) is 5.75 Å². The van der Waals surface area contributed by atoms with E-state index in [1.165, 1.54) is 12.4 Å². The second kappa shape index (κ2) is 9.51. The molecular formula is C22H21N5O3. The van der Waals surface area contributed by atoms with Gasteiger partial charge in [0, 0.05) is 12.0 Å². The molecule has 8 nitrogen and oxygen atoms in total. The first-order valence-corrected chi connectivity index (χ1v) is 9.58. The number of carbonyl (C=O) groups excluding carboxylic acids is 1. The lowest BCUT2D eigenvalue weighted by Gasteiger charge is -2.14. The van der Waals surface area contributed by atoms with Crippen LogP contribution in [0.3, 0.4) is 0 Å². The highest BCUT2D eigenvalue weighted by atomic mass is 16.7. The topological polar surface area (TPSA) is 97.7 Å². The van der Waals surface area contributed by atoms with Gasteiger partial charge in [0.05, 0.1) is 30.3 Å². The number of benzene rings is 2. The van der Waals surface area contributed by atoms with Crippen molar-refractivity contribution in [2.75, 3.05) is 18.5 Å². The zero-order valence-electron chi connectivity index (χ0n) is 16.2. The number of hydrogen-bond acceptors (Lipinski definition) is 6. The van der Waals surface area contributed by atoms with Gasteiger partial charge in [0.25, 0.3) is 0 Å². The number of oxime groups is 1. The Morgan fingerprint density at radius 2 is 1.90 bits per heavy atom. The van der Waals surface area contributed by atoms with Crippen molar-refractivity contribution in [2.45, 2.75) is 12.5 Å². The number of amides is 2. The molecule has 0 fully saturated rings. The third-order valence-corrected chi connectivity index (χ3v) is 4.49. The first-order chi connectivity index (χ1) is 14.8. The van der Waals surface area contributed by atoms with Gasteiger partial charge in [-0.15, -0.1) is 0 Å². The van der Waals surface area contributed by atoms with Crippen LogP contribution in [0, 0.1) is 0 Å². The molecule has 0 saturated carbocycles. The summed E-state index contributed by atoms with van der Waals surface area (Å²) in [7, 11) is 0. The van der Waals surface area contributed by atoms with Gasteiger partial charge in [-0.2, -0.15) is 10.2 Å². The zero-order valence-corrected chi connectivity index (χ0v) is 16.2. The SMILES string of the molecule is O=C(NCC1=NOC(COc2ccccc2-c2ccccc2)C1)Nc1ccnnc1. The number of hydrogen-bond donors (Lipinski definition) is 2. The van der Waals surface area contributed by atoms with Crippen LogP contribution >= 0.6 is 0 Å². The number of urea groups is 1. The minimum absolute atomic E-state index is 0.196. The molecule has 8 heteroatoms. The maximum absolute atomic E-state index is 11.9. The zero-order chi connectivity index (χ0) is 20.6. The van der Waals surface area contributed by atoms with Crippen LogP contribution in [0.25, 0.3) is 11.1 Å². The summed E-state index contributed by atoms with van der Waals surface area (Å²) < 4.78 is 6.02. The molecule has 1 atom stereocenters. The molecule has 0 bridgehead atoms. The second-order valence-corrected chi connectivity index (χ2v) is 6.70. The van der Waals surface area contributed by atoms with Gasteiger partial charge in [-0.3, -0.25) is 0 Å². The predicted molar refractivity (Wildman–Crippen MR) is 113 cm³/mol. The van der Waals surface area contributed by atoms with Crippen molar-refractivity contribution in [3.8, 4) is 16.9 Å². The Hall–Kier alpha value is -3.94. The minimum atomic E-state index is -0.345. The van der Waals surface area contributed by atoms with Crippen LogP contribution in [-0.2, 0) is 4.84 Å². The van der Waals surface area contributed by atoms with Crippen LogP contribution in [0.2, 0.25) is 0 Å². The number of ether oxygens (including phenoxy) is 1. The fourth-order valence-corrected chi connectivity index (χ4v) is 3.03. The Labute approximate surface area is 173 Å². The summed E-state index contributed by atoms with van der Waals surface area (Å²) in [4.78, 5) is 17.4. The molecule has 2 amide bonds. The maximum Gasteiger partial charge on any atom is 0.319 e. The van der Waals surface area contributed by atoms with Gasteiger partial charge < -0.3 is 20.2 Å². The molecule has 2 aromatic carbocycles. The molecule has 0 saturated heterocycles. The van der Waals surface area contributed by atoms with Crippen molar-refractivity contribution < 1.29 is 14.4 Å². The lowest BCUT2D eigenvalue weighted by atomic mass is 10.0. The van der Waals surface area contributed by atoms with E-state index in [0.29, 0.717) is 25.3 Å². The molecule has 0 radical (unpaired) electrons. The summed E-state index contributed by atoms with van der Waals surface area (Å²) in [6.45, 7) is 0.660. The highest BCUT2D eigenvalue weighted by Gasteiger charge is 2.22. The van der Waals surface area contributed by atoms with Crippen molar-refractivity contribution in [3.05, 3.63) is 73.1 Å². The number of nitrogens with zero attached hydrogens (tertiary/aromatic N) is 3. The second-order valence-electron chi connectivity index (χ2n) is 6.70. The van der Waals surface area contributed by atoms with Crippen molar-refractivity contribution in [1.29, 1.82) is 0 Å². The molecule has 1 aromatic heterocycles. The summed E-state index contributed by atoms with van der Waals surface area (Å²) in [6.07, 6.45) is 3.37. The average Bonchev–Trinajstić information content (AvgIpc) is 3.26. The van der Waals surface area contributed by atoms with E-state index >= 15 is 0 Å². The van der Waals surface area contributed by atoms with E-state index in [4.69, 9.17) is 9.57 Å². The fourth-order valence-electron chi connectivity index (χ4n) is 3.03. The molecule has 0 spiro atoms. The Morgan fingerprint density at radius 3 is 2.73 bits per heavy atom. The molecule has 1 aliphatic rings. The Balaban J connectivity index is 1.24. The van der Waals surface area contributed by atoms with Gasteiger partial charge in [0.15, 0.2) is 6.10 Å². The smallest absolute Gasteiger partial charge is 0.319 e. The molecule has 1 unspecified atom stereocenters. The summed E-state index contributed by atoms with van der Waals surface area (Å²) in [5.41, 5.74) is 3.44. The van der Waals surface area contributed by atoms with E-state index in [-0.39, 0.29) is 12.1 Å². The van der Waals surface area contributed by atoms with Crippen molar-refractivity contribution in [2.24, 2.45) is 5.16 Å². The van der Waals surface area contributed by atoms with E-state index < -0.39 is 0 Å². The Bertz CT molecular complexity index is 1010. The normalized spacial score (nSPS) is 15.1. The largest absolute Gasteiger partial charge is 0.489 e. The monoisotopic (exact) mass is 403 g/mol. The van der Waals surface area contributed by atoms with Crippen LogP contribution in [0.1, 0.15) is 6.42 Å². The quantitative estimate of drug-likeness (QED) is 0.629. The molecule has 4 rings (SSSR count). The van der Waals surface area contributed by atoms with Gasteiger partial charge in [-0.1, -0.05) is 53.7 Å². The Morgan fingerprint density at radius 1 is 1.07 bits per heavy atom. The first kappa shape index (κ1) is 19.4. The van der Waals surface area contributed by atoms with E-state index in [1.54, 1.807) is 6.07 Å². The van der Waals surface area contributed by atoms with Crippen LogP contribution in [-0.4, -0.2) is 41.2 Å². The molecule has 2 N–H and O–H groups in total. The highest BCUT2D eigenvalue weighted by Crippen LogP contribution is 2.30. The van der Waals surface area contributed by atoms with E-state index in [1.807, 2.05) is 54.6 Å². The van der Waals surface area contributed by atoms with Gasteiger partial charge in [0.2, 0.25) is 0 Å². The number of anilines is 1. The lowest BCUT2D eigenvalue weighted by Crippen LogP contribution is -2.33. The molecule has 30 heavy (non-hydrogen) atoms.